The summed E-state index contributed by atoms with van der Waals surface area (Å²) < 4.78 is 5.09. The standard InChI is InChI=1S/C31H49N3O2.C10H23N3O2.C9H19N3O.C5H15N3.C4H6O2.3CO2/c1-4-6-7-8-9-10-11-12-13-14-15-16-17-18-19-20-21-22-23-25-31(36)33-27-29-34(3)28-26-32-30(35)24-5-2;1-10(2,3)15-9(14)12-6-8-13(4)7-5-11;1-3-4-9(13)11-6-8-12(2)7-5-10;1-8(4-2-6)5-3-7;1-2-3-4(5)6;3*2-1-3/h5-7,9-10,12-13,15-16,18-19,21-22,24H,4,8,11,14,17,20,23,25-29H2,1-3H3,(H,32,35)(H,33,36);5-8,11H2,1-4H3,(H,12,14);3-4H,5-8,10H2,1-2H3,(H,11,13);2-7H2,1H3;2-3H,1H3,(H,5,6);;;/b7-6-,10-9-,13-12-,16-15-,19-18-,22-21-,24-5+;;4-3+;;3-2+;;;. The third-order valence-corrected chi connectivity index (χ3v) is 9.69. The first-order valence-corrected chi connectivity index (χ1v) is 28.8. The number of carbonyl (C=O) groups excluding carboxylic acids is 10. The normalized spacial score (nSPS) is 10.8. The van der Waals surface area contributed by atoms with Crippen molar-refractivity contribution in [2.45, 2.75) is 105 Å². The summed E-state index contributed by atoms with van der Waals surface area (Å²) in [5.74, 6) is -0.931. The van der Waals surface area contributed by atoms with Gasteiger partial charge in [0.2, 0.25) is 17.7 Å². The Hall–Kier alpha value is -7.37. The average Bonchev–Trinajstić information content (AvgIpc) is 3.48. The Morgan fingerprint density at radius 1 is 0.448 bits per heavy atom. The Bertz CT molecular complexity index is 1970. The van der Waals surface area contributed by atoms with Crippen molar-refractivity contribution in [3.63, 3.8) is 0 Å². The minimum atomic E-state index is -0.891. The van der Waals surface area contributed by atoms with Crippen LogP contribution in [-0.4, -0.2) is 211 Å². The minimum absolute atomic E-state index is 0.0383. The maximum absolute atomic E-state index is 11.9. The van der Waals surface area contributed by atoms with Crippen molar-refractivity contribution in [2.75, 3.05) is 133 Å². The van der Waals surface area contributed by atoms with Crippen molar-refractivity contribution < 1.29 is 62.6 Å². The Labute approximate surface area is 520 Å². The van der Waals surface area contributed by atoms with Crippen molar-refractivity contribution in [3.8, 4) is 0 Å². The summed E-state index contributed by atoms with van der Waals surface area (Å²) in [6.07, 6.45) is 42.7. The van der Waals surface area contributed by atoms with Gasteiger partial charge >= 0.3 is 30.5 Å². The number of aliphatic carboxylic acids is 1. The second-order valence-corrected chi connectivity index (χ2v) is 18.8. The number of carboxylic acids is 1. The fourth-order valence-electron chi connectivity index (χ4n) is 5.62. The van der Waals surface area contributed by atoms with Gasteiger partial charge in [0.1, 0.15) is 5.60 Å². The fourth-order valence-corrected chi connectivity index (χ4v) is 5.62. The maximum Gasteiger partial charge on any atom is 0.407 e. The molecule has 87 heavy (non-hydrogen) atoms. The molecule has 0 unspecified atom stereocenters. The Balaban J connectivity index is -0.000000167. The van der Waals surface area contributed by atoms with Crippen LogP contribution >= 0.6 is 0 Å². The Kier molecular flexibility index (Phi) is 91.4. The molecular weight excluding hydrogens is 1120 g/mol. The Morgan fingerprint density at radius 3 is 1.00 bits per heavy atom. The van der Waals surface area contributed by atoms with Crippen LogP contribution in [0.4, 0.5) is 4.79 Å². The molecule has 0 saturated carbocycles. The van der Waals surface area contributed by atoms with Gasteiger partial charge in [0.05, 0.1) is 0 Å². The fraction of sp³-hybridized carbons (Fsp3) is 0.581. The Morgan fingerprint density at radius 2 is 0.724 bits per heavy atom. The number of nitrogens with zero attached hydrogens (tertiary/aromatic N) is 4. The van der Waals surface area contributed by atoms with Crippen molar-refractivity contribution in [1.82, 2.24) is 40.9 Å². The molecule has 4 amide bonds. The van der Waals surface area contributed by atoms with Gasteiger partial charge in [0, 0.05) is 117 Å². The number of amides is 4. The number of carbonyl (C=O) groups is 5. The van der Waals surface area contributed by atoms with E-state index in [-0.39, 0.29) is 42.3 Å². The van der Waals surface area contributed by atoms with E-state index in [9.17, 15) is 24.0 Å². The number of hydrogen-bond acceptors (Lipinski definition) is 20. The first-order chi connectivity index (χ1) is 41.5. The lowest BCUT2D eigenvalue weighted by Crippen LogP contribution is -2.38. The minimum Gasteiger partial charge on any atom is -0.478 e. The molecule has 0 rings (SSSR count). The number of allylic oxidation sites excluding steroid dienone is 15. The van der Waals surface area contributed by atoms with Crippen molar-refractivity contribution >= 4 is 48.2 Å². The van der Waals surface area contributed by atoms with E-state index in [0.29, 0.717) is 45.7 Å². The summed E-state index contributed by atoms with van der Waals surface area (Å²) in [7, 11) is 7.93. The third-order valence-electron chi connectivity index (χ3n) is 9.69. The molecule has 498 valence electrons. The summed E-state index contributed by atoms with van der Waals surface area (Å²) in [5, 5.41) is 19.0. The topological polar surface area (TPSA) is 382 Å². The van der Waals surface area contributed by atoms with Gasteiger partial charge in [-0.15, -0.1) is 0 Å². The molecule has 0 aliphatic heterocycles. The van der Waals surface area contributed by atoms with Gasteiger partial charge in [0.15, 0.2) is 0 Å². The van der Waals surface area contributed by atoms with Gasteiger partial charge in [0.25, 0.3) is 0 Å². The quantitative estimate of drug-likeness (QED) is 0.0314. The van der Waals surface area contributed by atoms with Crippen molar-refractivity contribution in [1.29, 1.82) is 0 Å². The van der Waals surface area contributed by atoms with Crippen molar-refractivity contribution in [2.24, 2.45) is 22.9 Å². The van der Waals surface area contributed by atoms with Crippen LogP contribution < -0.4 is 44.2 Å². The van der Waals surface area contributed by atoms with E-state index in [4.69, 9.17) is 61.5 Å². The highest BCUT2D eigenvalue weighted by Crippen LogP contribution is 2.06. The number of likely N-dealkylation sites (N-methyl/N-ethyl adjacent to an activating group) is 4. The average molecular weight is 1230 g/mol. The molecule has 0 fully saturated rings. The van der Waals surface area contributed by atoms with Crippen LogP contribution in [0.5, 0.6) is 0 Å². The van der Waals surface area contributed by atoms with Crippen LogP contribution in [0.25, 0.3) is 0 Å². The van der Waals surface area contributed by atoms with Gasteiger partial charge < -0.3 is 73.6 Å². The zero-order valence-corrected chi connectivity index (χ0v) is 54.3. The SMILES string of the molecule is C/C=C/C(=O)NCCN(C)CCN.C/C=C/C(=O)NCCN(C)CCNC(=O)CC/C=C\C/C=C\C/C=C\C/C=C\C/C=C\C/C=C\CC.C/C=C/C(=O)O.CN(CCN)CCN.CN(CCN)CCNC(=O)OC(C)(C)C.O=C=O.O=C=O.O=C=O. The summed E-state index contributed by atoms with van der Waals surface area (Å²) in [6, 6.07) is 0. The summed E-state index contributed by atoms with van der Waals surface area (Å²) in [4.78, 5) is 112. The first kappa shape index (κ1) is 96.0. The largest absolute Gasteiger partial charge is 0.478 e. The van der Waals surface area contributed by atoms with Gasteiger partial charge in [-0.25, -0.2) is 9.59 Å². The van der Waals surface area contributed by atoms with E-state index in [1.54, 1.807) is 19.1 Å². The molecule has 0 aliphatic carbocycles. The van der Waals surface area contributed by atoms with Crippen LogP contribution in [-0.2, 0) is 52.7 Å². The molecule has 0 saturated heterocycles. The molecule has 0 radical (unpaired) electrons. The molecule has 0 aliphatic rings. The first-order valence-electron chi connectivity index (χ1n) is 28.8. The molecule has 0 bridgehead atoms. The van der Waals surface area contributed by atoms with Gasteiger partial charge in [-0.05, 0) is 127 Å². The molecule has 0 spiro atoms. The molecule has 25 heteroatoms. The second-order valence-electron chi connectivity index (χ2n) is 18.8. The van der Waals surface area contributed by atoms with Crippen LogP contribution in [0.2, 0.25) is 0 Å². The predicted molar refractivity (Wildman–Crippen MR) is 344 cm³/mol. The van der Waals surface area contributed by atoms with E-state index in [0.717, 1.165) is 116 Å². The highest BCUT2D eigenvalue weighted by molar-refractivity contribution is 5.87. The molecule has 0 aromatic heterocycles. The van der Waals surface area contributed by atoms with E-state index in [2.05, 4.69) is 121 Å². The van der Waals surface area contributed by atoms with E-state index < -0.39 is 11.6 Å². The second kappa shape index (κ2) is 82.8. The van der Waals surface area contributed by atoms with Crippen LogP contribution in [0.15, 0.2) is 109 Å². The molecule has 0 heterocycles. The zero-order chi connectivity index (χ0) is 68.1. The molecule has 0 atom stereocenters. The van der Waals surface area contributed by atoms with Crippen molar-refractivity contribution in [3.05, 3.63) is 109 Å². The number of carboxylic acid groups (broad SMARTS) is 1. The number of nitrogens with one attached hydrogen (secondary N) is 4. The van der Waals surface area contributed by atoms with Crippen LogP contribution in [0, 0.1) is 0 Å². The number of hydrogen-bond donors (Lipinski definition) is 9. The van der Waals surface area contributed by atoms with E-state index >= 15 is 0 Å². The van der Waals surface area contributed by atoms with Gasteiger partial charge in [-0.2, -0.15) is 28.8 Å². The number of nitrogens with two attached hydrogens (primary N) is 4. The molecule has 0 aromatic carbocycles. The maximum atomic E-state index is 11.9. The molecule has 0 aromatic rings. The zero-order valence-electron chi connectivity index (χ0n) is 54.3. The van der Waals surface area contributed by atoms with Crippen LogP contribution in [0.1, 0.15) is 99.8 Å². The molecule has 25 nitrogen and oxygen atoms in total. The molecular formula is C62H112N12O13. The predicted octanol–water partition coefficient (Wildman–Crippen LogP) is 3.91. The van der Waals surface area contributed by atoms with Crippen LogP contribution in [0.3, 0.4) is 0 Å². The highest BCUT2D eigenvalue weighted by Gasteiger charge is 2.15. The lowest BCUT2D eigenvalue weighted by molar-refractivity contribution is -0.193. The van der Waals surface area contributed by atoms with E-state index in [1.807, 2.05) is 62.8 Å². The number of alkyl carbamates (subject to hydrolysis) is 1. The summed E-state index contributed by atoms with van der Waals surface area (Å²) in [6.45, 7) is 24.8. The molecule has 13 N–H and O–H groups in total. The van der Waals surface area contributed by atoms with Gasteiger partial charge in [-0.3, -0.25) is 14.4 Å². The monoisotopic (exact) mass is 1230 g/mol. The summed E-state index contributed by atoms with van der Waals surface area (Å²) >= 11 is 0. The van der Waals surface area contributed by atoms with E-state index in [1.165, 1.54) is 18.2 Å². The number of rotatable bonds is 37. The number of ether oxygens (including phenoxy) is 1. The van der Waals surface area contributed by atoms with Gasteiger partial charge in [-0.1, -0.05) is 98.1 Å². The smallest absolute Gasteiger partial charge is 0.407 e. The summed E-state index contributed by atoms with van der Waals surface area (Å²) in [5.41, 5.74) is 20.9. The highest BCUT2D eigenvalue weighted by atomic mass is 16.6. The third kappa shape index (κ3) is 114. The lowest BCUT2D eigenvalue weighted by Gasteiger charge is -2.20. The lowest BCUT2D eigenvalue weighted by atomic mass is 10.2.